The van der Waals surface area contributed by atoms with Gasteiger partial charge in [-0.05, 0) is 43.2 Å². The van der Waals surface area contributed by atoms with Gasteiger partial charge in [0.25, 0.3) is 11.2 Å². The van der Waals surface area contributed by atoms with E-state index in [-0.39, 0.29) is 17.8 Å². The normalized spacial score (nSPS) is 11.0. The van der Waals surface area contributed by atoms with Gasteiger partial charge in [-0.1, -0.05) is 6.07 Å². The second-order valence-electron chi connectivity index (χ2n) is 7.07. The second kappa shape index (κ2) is 7.43. The van der Waals surface area contributed by atoms with E-state index >= 15 is 0 Å². The Morgan fingerprint density at radius 3 is 2.53 bits per heavy atom. The Labute approximate surface area is 171 Å². The van der Waals surface area contributed by atoms with Crippen molar-refractivity contribution in [2.75, 3.05) is 7.11 Å². The van der Waals surface area contributed by atoms with Gasteiger partial charge in [-0.2, -0.15) is 5.10 Å². The van der Waals surface area contributed by atoms with Crippen LogP contribution in [-0.4, -0.2) is 31.4 Å². The third-order valence-corrected chi connectivity index (χ3v) is 4.82. The lowest BCUT2D eigenvalue weighted by molar-refractivity contribution is -0.384. The highest BCUT2D eigenvalue weighted by molar-refractivity contribution is 5.75. The highest BCUT2D eigenvalue weighted by Gasteiger charge is 2.15. The summed E-state index contributed by atoms with van der Waals surface area (Å²) < 4.78 is 8.31. The van der Waals surface area contributed by atoms with Gasteiger partial charge in [0, 0.05) is 17.7 Å². The van der Waals surface area contributed by atoms with Crippen LogP contribution in [0.15, 0.2) is 53.7 Å². The summed E-state index contributed by atoms with van der Waals surface area (Å²) in [6.45, 7) is 4.07. The molecule has 9 nitrogen and oxygen atoms in total. The number of aromatic nitrogens is 4. The largest absolute Gasteiger partial charge is 0.496 e. The number of nitro groups is 1. The lowest BCUT2D eigenvalue weighted by atomic mass is 10.1. The Balaban J connectivity index is 1.78. The van der Waals surface area contributed by atoms with E-state index in [2.05, 4.69) is 16.1 Å². The monoisotopic (exact) mass is 405 g/mol. The fraction of sp³-hybridized carbons (Fsp3) is 0.190. The van der Waals surface area contributed by atoms with Crippen molar-refractivity contribution in [3.63, 3.8) is 0 Å². The predicted molar refractivity (Wildman–Crippen MR) is 111 cm³/mol. The van der Waals surface area contributed by atoms with E-state index in [9.17, 15) is 14.9 Å². The van der Waals surface area contributed by atoms with Crippen molar-refractivity contribution < 1.29 is 9.66 Å². The maximum absolute atomic E-state index is 13.0. The molecule has 0 fully saturated rings. The molecule has 0 atom stereocenters. The Kier molecular flexibility index (Phi) is 4.78. The van der Waals surface area contributed by atoms with Crippen molar-refractivity contribution in [3.8, 4) is 11.4 Å². The molecule has 0 N–H and O–H groups in total. The van der Waals surface area contributed by atoms with Crippen molar-refractivity contribution in [1.82, 2.24) is 19.3 Å². The summed E-state index contributed by atoms with van der Waals surface area (Å²) in [6.07, 6.45) is 2.91. The fourth-order valence-electron chi connectivity index (χ4n) is 3.51. The van der Waals surface area contributed by atoms with Gasteiger partial charge in [-0.15, -0.1) is 0 Å². The number of nitrogens with zero attached hydrogens (tertiary/aromatic N) is 5. The van der Waals surface area contributed by atoms with Gasteiger partial charge in [0.15, 0.2) is 5.65 Å². The molecular formula is C21H19N5O4. The molecule has 2 aromatic heterocycles. The van der Waals surface area contributed by atoms with Crippen LogP contribution in [-0.2, 0) is 6.54 Å². The lowest BCUT2D eigenvalue weighted by Crippen LogP contribution is -2.21. The molecule has 0 aliphatic carbocycles. The molecule has 0 bridgehead atoms. The predicted octanol–water partition coefficient (Wildman–Crippen LogP) is 3.16. The van der Waals surface area contributed by atoms with Gasteiger partial charge in [0.2, 0.25) is 0 Å². The molecule has 30 heavy (non-hydrogen) atoms. The Hall–Kier alpha value is -4.01. The minimum atomic E-state index is -0.485. The quantitative estimate of drug-likeness (QED) is 0.373. The standard InChI is InChI=1S/C21H19N5O4/c1-13-6-14(2)8-17(7-13)25-20-18(10-23-25)21(27)24(12-22-20)11-15-9-16(26(28)29)4-5-19(15)30-3/h4-10,12H,11H2,1-3H3. The maximum atomic E-state index is 13.0. The van der Waals surface area contributed by atoms with Crippen LogP contribution in [0.4, 0.5) is 5.69 Å². The number of non-ortho nitro benzene ring substituents is 1. The number of rotatable bonds is 5. The van der Waals surface area contributed by atoms with Crippen LogP contribution in [0.25, 0.3) is 16.7 Å². The summed E-state index contributed by atoms with van der Waals surface area (Å²) in [6, 6.07) is 10.3. The molecule has 4 aromatic rings. The minimum absolute atomic E-state index is 0.0736. The molecule has 0 saturated heterocycles. The smallest absolute Gasteiger partial charge is 0.270 e. The lowest BCUT2D eigenvalue weighted by Gasteiger charge is -2.10. The first-order valence-electron chi connectivity index (χ1n) is 9.20. The van der Waals surface area contributed by atoms with E-state index in [0.29, 0.717) is 22.3 Å². The van der Waals surface area contributed by atoms with E-state index in [1.165, 1.54) is 42.4 Å². The summed E-state index contributed by atoms with van der Waals surface area (Å²) in [7, 11) is 1.47. The van der Waals surface area contributed by atoms with Crippen molar-refractivity contribution >= 4 is 16.7 Å². The Bertz CT molecular complexity index is 1320. The van der Waals surface area contributed by atoms with Crippen LogP contribution in [0.5, 0.6) is 5.75 Å². The third-order valence-electron chi connectivity index (χ3n) is 4.82. The summed E-state index contributed by atoms with van der Waals surface area (Å²) in [4.78, 5) is 28.1. The molecule has 152 valence electrons. The van der Waals surface area contributed by atoms with E-state index in [1.807, 2.05) is 26.0 Å². The molecule has 0 aliphatic heterocycles. The van der Waals surface area contributed by atoms with Crippen LogP contribution < -0.4 is 10.3 Å². The van der Waals surface area contributed by atoms with E-state index in [4.69, 9.17) is 4.74 Å². The molecule has 0 aliphatic rings. The van der Waals surface area contributed by atoms with E-state index < -0.39 is 4.92 Å². The van der Waals surface area contributed by atoms with E-state index in [1.54, 1.807) is 4.68 Å². The number of ether oxygens (including phenoxy) is 1. The van der Waals surface area contributed by atoms with Crippen LogP contribution in [0.3, 0.4) is 0 Å². The average Bonchev–Trinajstić information content (AvgIpc) is 3.14. The van der Waals surface area contributed by atoms with Crippen LogP contribution in [0.1, 0.15) is 16.7 Å². The average molecular weight is 405 g/mol. The topological polar surface area (TPSA) is 105 Å². The number of hydrogen-bond donors (Lipinski definition) is 0. The van der Waals surface area contributed by atoms with Crippen LogP contribution >= 0.6 is 0 Å². The minimum Gasteiger partial charge on any atom is -0.496 e. The van der Waals surface area contributed by atoms with Crippen molar-refractivity contribution in [2.24, 2.45) is 0 Å². The first kappa shape index (κ1) is 19.3. The maximum Gasteiger partial charge on any atom is 0.270 e. The number of aryl methyl sites for hydroxylation is 2. The molecule has 4 rings (SSSR count). The van der Waals surface area contributed by atoms with Crippen LogP contribution in [0, 0.1) is 24.0 Å². The number of nitro benzene ring substituents is 1. The molecule has 0 radical (unpaired) electrons. The fourth-order valence-corrected chi connectivity index (χ4v) is 3.51. The van der Waals surface area contributed by atoms with Gasteiger partial charge in [-0.25, -0.2) is 9.67 Å². The molecule has 2 aromatic carbocycles. The van der Waals surface area contributed by atoms with Gasteiger partial charge in [-0.3, -0.25) is 19.5 Å². The van der Waals surface area contributed by atoms with Gasteiger partial charge < -0.3 is 4.74 Å². The first-order chi connectivity index (χ1) is 14.4. The molecule has 9 heteroatoms. The molecule has 0 unspecified atom stereocenters. The van der Waals surface area contributed by atoms with Crippen LogP contribution in [0.2, 0.25) is 0 Å². The summed E-state index contributed by atoms with van der Waals surface area (Å²) in [5, 5.41) is 15.8. The molecule has 2 heterocycles. The number of fused-ring (bicyclic) bond motifs is 1. The third kappa shape index (κ3) is 3.41. The highest BCUT2D eigenvalue weighted by Crippen LogP contribution is 2.25. The molecule has 0 saturated carbocycles. The number of methoxy groups -OCH3 is 1. The summed E-state index contributed by atoms with van der Waals surface area (Å²) in [5.41, 5.74) is 3.59. The number of benzene rings is 2. The van der Waals surface area contributed by atoms with Crippen molar-refractivity contribution in [1.29, 1.82) is 0 Å². The van der Waals surface area contributed by atoms with Crippen molar-refractivity contribution in [2.45, 2.75) is 20.4 Å². The second-order valence-corrected chi connectivity index (χ2v) is 7.07. The van der Waals surface area contributed by atoms with Gasteiger partial charge in [0.1, 0.15) is 17.5 Å². The zero-order chi connectivity index (χ0) is 21.4. The van der Waals surface area contributed by atoms with Gasteiger partial charge >= 0.3 is 0 Å². The van der Waals surface area contributed by atoms with Gasteiger partial charge in [0.05, 0.1) is 30.5 Å². The summed E-state index contributed by atoms with van der Waals surface area (Å²) in [5.74, 6) is 0.457. The summed E-state index contributed by atoms with van der Waals surface area (Å²) >= 11 is 0. The zero-order valence-electron chi connectivity index (χ0n) is 16.7. The first-order valence-corrected chi connectivity index (χ1v) is 9.20. The number of hydrogen-bond acceptors (Lipinski definition) is 6. The Morgan fingerprint density at radius 2 is 1.87 bits per heavy atom. The zero-order valence-corrected chi connectivity index (χ0v) is 16.7. The molecule has 0 spiro atoms. The molecule has 0 amide bonds. The van der Waals surface area contributed by atoms with Crippen molar-refractivity contribution in [3.05, 3.63) is 86.1 Å². The SMILES string of the molecule is COc1ccc([N+](=O)[O-])cc1Cn1cnc2c(cnn2-c2cc(C)cc(C)c2)c1=O. The Morgan fingerprint density at radius 1 is 1.13 bits per heavy atom. The molecular weight excluding hydrogens is 386 g/mol. The van der Waals surface area contributed by atoms with E-state index in [0.717, 1.165) is 16.8 Å². The highest BCUT2D eigenvalue weighted by atomic mass is 16.6.